The summed E-state index contributed by atoms with van der Waals surface area (Å²) in [6.07, 6.45) is 76.4. The summed E-state index contributed by atoms with van der Waals surface area (Å²) in [7, 11) is 0. The number of aromatic hydroxyl groups is 1. The van der Waals surface area contributed by atoms with E-state index in [9.17, 15) is 0 Å². The molecular formula is C85H157O7. The van der Waals surface area contributed by atoms with Crippen LogP contribution in [0.1, 0.15) is 386 Å². The molecule has 0 unspecified atom stereocenters. The Balaban J connectivity index is -0.000000495. The molecule has 0 heterocycles. The molecule has 4 rings (SSSR count). The Bertz CT molecular complexity index is 1580. The Morgan fingerprint density at radius 2 is 0.576 bits per heavy atom. The van der Waals surface area contributed by atoms with Crippen LogP contribution in [0.15, 0.2) is 97.1 Å². The van der Waals surface area contributed by atoms with Crippen LogP contribution in [0.4, 0.5) is 0 Å². The minimum absolute atomic E-state index is 0.0359. The van der Waals surface area contributed by atoms with Gasteiger partial charge in [0, 0.05) is 26.4 Å². The molecule has 7 N–H and O–H groups in total. The van der Waals surface area contributed by atoms with E-state index in [0.29, 0.717) is 32.2 Å². The quantitative estimate of drug-likeness (QED) is 0.0220. The zero-order valence-corrected chi connectivity index (χ0v) is 61.7. The van der Waals surface area contributed by atoms with Crippen LogP contribution in [0.5, 0.6) is 5.75 Å². The van der Waals surface area contributed by atoms with E-state index in [2.05, 4.69) is 52.8 Å². The normalized spacial score (nSPS) is 11.6. The summed E-state index contributed by atoms with van der Waals surface area (Å²) < 4.78 is 0. The molecular weight excluding hydrogens is 1130 g/mol. The number of phenolic OH excluding ortho intramolecular Hbond substituents is 1. The molecule has 7 nitrogen and oxygen atoms in total. The summed E-state index contributed by atoms with van der Waals surface area (Å²) in [5.41, 5.74) is 2.26. The van der Waals surface area contributed by atoms with Crippen molar-refractivity contribution >= 4 is 0 Å². The number of phenols is 1. The Morgan fingerprint density at radius 3 is 0.761 bits per heavy atom. The fraction of sp³-hybridized carbons (Fsp3) is 0.765. The number of aliphatic hydroxyl groups is 6. The highest BCUT2D eigenvalue weighted by Gasteiger charge is 2.08. The number of para-hydroxylation sites is 1. The molecule has 3 aromatic carbocycles. The Labute approximate surface area is 573 Å². The first-order valence-corrected chi connectivity index (χ1v) is 39.4. The van der Waals surface area contributed by atoms with Gasteiger partial charge in [-0.3, -0.25) is 0 Å². The fourth-order valence-electron chi connectivity index (χ4n) is 10.6. The van der Waals surface area contributed by atoms with Crippen LogP contribution in [0, 0.1) is 13.0 Å². The number of aliphatic hydroxyl groups excluding tert-OH is 6. The van der Waals surface area contributed by atoms with Crippen LogP contribution in [0.25, 0.3) is 0 Å². The topological polar surface area (TPSA) is 142 Å². The molecule has 7 heteroatoms. The van der Waals surface area contributed by atoms with Gasteiger partial charge in [0.05, 0.1) is 12.7 Å². The average Bonchev–Trinajstić information content (AvgIpc) is 3.71. The molecule has 92 heavy (non-hydrogen) atoms. The molecule has 1 aliphatic carbocycles. The molecule has 0 amide bonds. The van der Waals surface area contributed by atoms with Crippen molar-refractivity contribution < 1.29 is 35.7 Å². The van der Waals surface area contributed by atoms with Crippen molar-refractivity contribution in [1.29, 1.82) is 0 Å². The summed E-state index contributed by atoms with van der Waals surface area (Å²) in [6.45, 7) is 12.7. The Kier molecular flexibility index (Phi) is 95.5. The maximum absolute atomic E-state index is 8.91. The van der Waals surface area contributed by atoms with Crippen molar-refractivity contribution in [2.45, 2.75) is 394 Å². The lowest BCUT2D eigenvalue weighted by Gasteiger charge is -2.14. The van der Waals surface area contributed by atoms with Gasteiger partial charge in [-0.15, -0.1) is 0 Å². The Hall–Kier alpha value is -3.04. The molecule has 1 aliphatic rings. The molecule has 0 bridgehead atoms. The van der Waals surface area contributed by atoms with Gasteiger partial charge in [0.15, 0.2) is 0 Å². The van der Waals surface area contributed by atoms with Gasteiger partial charge in [-0.1, -0.05) is 401 Å². The predicted octanol–water partition coefficient (Wildman–Crippen LogP) is 25.3. The SMILES string of the molecule is CCCCCCCC/C=C\CCCCCCCCO.CCCCCCCCCCCCCCCCCCO.CCCCCCCCCCCCO.CCCCCCCCCCCO.Cc1cc[c]cc1.OC1CCCCC1.OCc1ccccc1.Oc1ccccc1. The highest BCUT2D eigenvalue weighted by molar-refractivity contribution is 5.18. The predicted molar refractivity (Wildman–Crippen MR) is 406 cm³/mol. The van der Waals surface area contributed by atoms with Gasteiger partial charge >= 0.3 is 0 Å². The maximum atomic E-state index is 8.91. The van der Waals surface area contributed by atoms with Crippen LogP contribution in [-0.2, 0) is 6.61 Å². The molecule has 0 saturated heterocycles. The smallest absolute Gasteiger partial charge is 0.115 e. The van der Waals surface area contributed by atoms with E-state index in [1.54, 1.807) is 24.3 Å². The van der Waals surface area contributed by atoms with E-state index in [1.165, 1.54) is 314 Å². The van der Waals surface area contributed by atoms with E-state index in [-0.39, 0.29) is 12.7 Å². The first-order valence-electron chi connectivity index (χ1n) is 39.4. The number of aryl methyl sites for hydroxylation is 1. The number of rotatable bonds is 51. The third-order valence-electron chi connectivity index (χ3n) is 16.7. The standard InChI is InChI=1S/C18H38O.C18H36O.C12H26O.C11H24O.C7H8O.C7H7.C6H12O.C6H6O/c2*1-2-3-4-5-6-7-8-9-10-11-12-13-14-15-16-17-18-19;1-2-3-4-5-6-7-8-9-10-11-12-13;1-2-3-4-5-6-7-8-9-10-11-12;8-6-7-4-2-1-3-5-7;1-7-5-3-2-4-6-7;2*7-6-4-2-1-3-5-6/h19H,2-18H2,1H3;9-10,19H,2-8,11-18H2,1H3;13H,2-12H2,1H3;12H,2-11H2,1H3;1-5,8H,6H2;3-6H,1H3;6-7H,1-5H2;1-5,7H/b;10-9-;;;;;;. The number of unbranched alkanes of at least 4 members (excludes halogenated alkanes) is 44. The second kappa shape index (κ2) is 92.1. The summed E-state index contributed by atoms with van der Waals surface area (Å²) >= 11 is 0. The second-order valence-corrected chi connectivity index (χ2v) is 26.0. The second-order valence-electron chi connectivity index (χ2n) is 26.0. The lowest BCUT2D eigenvalue weighted by atomic mass is 9.98. The molecule has 1 radical (unpaired) electrons. The molecule has 1 saturated carbocycles. The molecule has 1 fully saturated rings. The molecule has 0 spiro atoms. The van der Waals surface area contributed by atoms with Crippen LogP contribution in [0.3, 0.4) is 0 Å². The largest absolute Gasteiger partial charge is 0.508 e. The third kappa shape index (κ3) is 95.7. The van der Waals surface area contributed by atoms with Gasteiger partial charge in [0.2, 0.25) is 0 Å². The number of benzene rings is 3. The molecule has 0 atom stereocenters. The van der Waals surface area contributed by atoms with E-state index in [1.807, 2.05) is 60.7 Å². The highest BCUT2D eigenvalue weighted by atomic mass is 16.3. The first kappa shape index (κ1) is 95.4. The van der Waals surface area contributed by atoms with E-state index >= 15 is 0 Å². The van der Waals surface area contributed by atoms with Crippen LogP contribution in [0.2, 0.25) is 0 Å². The lowest BCUT2D eigenvalue weighted by Crippen LogP contribution is -2.09. The molecule has 0 aromatic heterocycles. The number of hydrogen-bond donors (Lipinski definition) is 7. The van der Waals surface area contributed by atoms with Gasteiger partial charge in [0.1, 0.15) is 5.75 Å². The van der Waals surface area contributed by atoms with Crippen molar-refractivity contribution in [3.8, 4) is 5.75 Å². The monoisotopic (exact) mass is 1290 g/mol. The minimum Gasteiger partial charge on any atom is -0.508 e. The van der Waals surface area contributed by atoms with Crippen LogP contribution >= 0.6 is 0 Å². The summed E-state index contributed by atoms with van der Waals surface area (Å²) in [4.78, 5) is 0. The minimum atomic E-state index is 0.0359. The molecule has 3 aromatic rings. The Morgan fingerprint density at radius 1 is 0.326 bits per heavy atom. The van der Waals surface area contributed by atoms with Crippen molar-refractivity contribution in [2.75, 3.05) is 26.4 Å². The van der Waals surface area contributed by atoms with Crippen molar-refractivity contribution in [3.05, 3.63) is 114 Å². The van der Waals surface area contributed by atoms with Crippen LogP contribution in [-0.4, -0.2) is 68.3 Å². The fourth-order valence-corrected chi connectivity index (χ4v) is 10.6. The van der Waals surface area contributed by atoms with Crippen molar-refractivity contribution in [1.82, 2.24) is 0 Å². The molecule has 0 aliphatic heterocycles. The zero-order valence-electron chi connectivity index (χ0n) is 61.7. The van der Waals surface area contributed by atoms with Crippen molar-refractivity contribution in [2.24, 2.45) is 0 Å². The summed E-state index contributed by atoms with van der Waals surface area (Å²) in [5.74, 6) is 0.322. The van der Waals surface area contributed by atoms with Gasteiger partial charge in [-0.2, -0.15) is 0 Å². The zero-order chi connectivity index (χ0) is 68.0. The van der Waals surface area contributed by atoms with E-state index < -0.39 is 0 Å². The highest BCUT2D eigenvalue weighted by Crippen LogP contribution is 2.18. The van der Waals surface area contributed by atoms with Gasteiger partial charge in [-0.05, 0) is 94.9 Å². The number of hydrogen-bond acceptors (Lipinski definition) is 7. The molecule has 539 valence electrons. The van der Waals surface area contributed by atoms with E-state index in [4.69, 9.17) is 35.7 Å². The first-order chi connectivity index (χ1) is 45.3. The van der Waals surface area contributed by atoms with Crippen molar-refractivity contribution in [3.63, 3.8) is 0 Å². The van der Waals surface area contributed by atoms with Crippen LogP contribution < -0.4 is 0 Å². The van der Waals surface area contributed by atoms with Gasteiger partial charge in [0.25, 0.3) is 0 Å². The van der Waals surface area contributed by atoms with Gasteiger partial charge in [-0.25, -0.2) is 0 Å². The van der Waals surface area contributed by atoms with Gasteiger partial charge < -0.3 is 35.7 Å². The number of allylic oxidation sites excluding steroid dienone is 2. The summed E-state index contributed by atoms with van der Waals surface area (Å²) in [5, 5.41) is 60.5. The lowest BCUT2D eigenvalue weighted by molar-refractivity contribution is 0.130. The maximum Gasteiger partial charge on any atom is 0.115 e. The summed E-state index contributed by atoms with van der Waals surface area (Å²) in [6, 6.07) is 29.0. The van der Waals surface area contributed by atoms with E-state index in [0.717, 1.165) is 44.1 Å². The average molecular weight is 1290 g/mol. The third-order valence-corrected chi connectivity index (χ3v) is 16.7.